The first-order valence-corrected chi connectivity index (χ1v) is 6.54. The van der Waals surface area contributed by atoms with E-state index in [1.807, 2.05) is 0 Å². The SMILES string of the molecule is COC(=O)C12C3C4C1C1C2C3C41CBr. The highest BCUT2D eigenvalue weighted by molar-refractivity contribution is 9.09. The van der Waals surface area contributed by atoms with Crippen LogP contribution in [0.25, 0.3) is 0 Å². The van der Waals surface area contributed by atoms with Crippen molar-refractivity contribution in [2.75, 3.05) is 12.4 Å². The van der Waals surface area contributed by atoms with E-state index < -0.39 is 0 Å². The molecule has 0 aromatic rings. The predicted octanol–water partition coefficient (Wildman–Crippen LogP) is 1.29. The molecule has 0 radical (unpaired) electrons. The molecular weight excluding hydrogens is 244 g/mol. The summed E-state index contributed by atoms with van der Waals surface area (Å²) in [4.78, 5) is 11.8. The van der Waals surface area contributed by atoms with Gasteiger partial charge >= 0.3 is 5.97 Å². The van der Waals surface area contributed by atoms with Gasteiger partial charge in [-0.1, -0.05) is 15.9 Å². The molecule has 0 N–H and O–H groups in total. The average Bonchev–Trinajstić information content (AvgIpc) is 2.27. The van der Waals surface area contributed by atoms with Crippen LogP contribution in [0.5, 0.6) is 0 Å². The maximum atomic E-state index is 11.8. The Morgan fingerprint density at radius 1 is 1.21 bits per heavy atom. The first kappa shape index (κ1) is 7.26. The molecule has 2 nitrogen and oxygen atoms in total. The fourth-order valence-electron chi connectivity index (χ4n) is 6.60. The van der Waals surface area contributed by atoms with Crippen LogP contribution in [0, 0.1) is 46.3 Å². The third-order valence-electron chi connectivity index (χ3n) is 6.61. The molecule has 0 saturated heterocycles. The molecule has 6 fully saturated rings. The van der Waals surface area contributed by atoms with Gasteiger partial charge in [0, 0.05) is 5.33 Å². The van der Waals surface area contributed by atoms with Crippen molar-refractivity contribution in [2.45, 2.75) is 0 Å². The topological polar surface area (TPSA) is 26.3 Å². The third kappa shape index (κ3) is 0.285. The molecule has 0 aromatic heterocycles. The van der Waals surface area contributed by atoms with Crippen molar-refractivity contribution in [2.24, 2.45) is 46.3 Å². The molecule has 0 heterocycles. The molecule has 0 aliphatic heterocycles. The van der Waals surface area contributed by atoms with E-state index in [4.69, 9.17) is 4.74 Å². The zero-order chi connectivity index (χ0) is 9.46. The molecule has 0 spiro atoms. The summed E-state index contributed by atoms with van der Waals surface area (Å²) in [7, 11) is 1.55. The lowest BCUT2D eigenvalue weighted by atomic mass is 8.92. The molecule has 3 heteroatoms. The van der Waals surface area contributed by atoms with E-state index in [0.29, 0.717) is 5.41 Å². The van der Waals surface area contributed by atoms with Gasteiger partial charge < -0.3 is 4.74 Å². The van der Waals surface area contributed by atoms with Crippen molar-refractivity contribution in [3.05, 3.63) is 0 Å². The molecular formula is C11H11BrO2. The summed E-state index contributed by atoms with van der Waals surface area (Å²) in [5.41, 5.74) is 0.744. The van der Waals surface area contributed by atoms with E-state index >= 15 is 0 Å². The summed E-state index contributed by atoms with van der Waals surface area (Å²) in [6.07, 6.45) is 0. The molecule has 0 atom stereocenters. The Balaban J connectivity index is 1.59. The zero-order valence-corrected chi connectivity index (χ0v) is 9.45. The molecule has 74 valence electrons. The molecule has 6 saturated carbocycles. The fraction of sp³-hybridized carbons (Fsp3) is 0.909. The van der Waals surface area contributed by atoms with E-state index in [1.165, 1.54) is 5.33 Å². The zero-order valence-electron chi connectivity index (χ0n) is 7.87. The van der Waals surface area contributed by atoms with Crippen LogP contribution >= 0.6 is 15.9 Å². The second-order valence-corrected chi connectivity index (χ2v) is 6.39. The Kier molecular flexibility index (Phi) is 0.785. The van der Waals surface area contributed by atoms with Crippen LogP contribution in [0.15, 0.2) is 0 Å². The first-order valence-electron chi connectivity index (χ1n) is 5.42. The van der Waals surface area contributed by atoms with Gasteiger partial charge in [-0.05, 0) is 40.9 Å². The number of carbonyl (C=O) groups is 1. The largest absolute Gasteiger partial charge is 0.469 e. The van der Waals surface area contributed by atoms with Crippen LogP contribution in [-0.2, 0) is 9.53 Å². The Labute approximate surface area is 90.5 Å². The van der Waals surface area contributed by atoms with Crippen LogP contribution < -0.4 is 0 Å². The van der Waals surface area contributed by atoms with E-state index in [2.05, 4.69) is 15.9 Å². The summed E-state index contributed by atoms with van der Waals surface area (Å²) >= 11 is 3.66. The highest BCUT2D eigenvalue weighted by Gasteiger charge is 3.11. The van der Waals surface area contributed by atoms with Gasteiger partial charge in [-0.15, -0.1) is 0 Å². The minimum Gasteiger partial charge on any atom is -0.469 e. The van der Waals surface area contributed by atoms with E-state index in [0.717, 1.165) is 35.5 Å². The Hall–Kier alpha value is -0.0500. The summed E-state index contributed by atoms with van der Waals surface area (Å²) in [5, 5.41) is 1.18. The van der Waals surface area contributed by atoms with Crippen molar-refractivity contribution in [3.8, 4) is 0 Å². The monoisotopic (exact) mass is 254 g/mol. The number of alkyl halides is 1. The second-order valence-electron chi connectivity index (χ2n) is 5.83. The second kappa shape index (κ2) is 1.51. The minimum atomic E-state index is 0.0681. The summed E-state index contributed by atoms with van der Waals surface area (Å²) in [6, 6.07) is 0. The van der Waals surface area contributed by atoms with Gasteiger partial charge in [-0.25, -0.2) is 0 Å². The standard InChI is InChI=1S/C11H11BrO2/c1-14-9(13)11-6-3-7(11)5-8(11)4(6)10(3,5)2-12/h3-8H,2H2,1H3. The smallest absolute Gasteiger partial charge is 0.312 e. The van der Waals surface area contributed by atoms with Crippen molar-refractivity contribution >= 4 is 21.9 Å². The molecule has 6 aliphatic rings. The molecule has 0 bridgehead atoms. The predicted molar refractivity (Wildman–Crippen MR) is 51.6 cm³/mol. The number of carbonyl (C=O) groups excluding carboxylic acids is 1. The van der Waals surface area contributed by atoms with Gasteiger partial charge in [0.1, 0.15) is 0 Å². The summed E-state index contributed by atoms with van der Waals surface area (Å²) in [5.74, 6) is 5.06. The Bertz CT molecular complexity index is 349. The van der Waals surface area contributed by atoms with Gasteiger partial charge in [-0.2, -0.15) is 0 Å². The number of rotatable bonds is 2. The minimum absolute atomic E-state index is 0.0681. The van der Waals surface area contributed by atoms with Crippen LogP contribution in [0.4, 0.5) is 0 Å². The number of ether oxygens (including phenoxy) is 1. The molecule has 0 unspecified atom stereocenters. The van der Waals surface area contributed by atoms with Crippen molar-refractivity contribution in [1.29, 1.82) is 0 Å². The number of esters is 1. The lowest BCUT2D eigenvalue weighted by molar-refractivity contribution is -0.637. The number of hydrogen-bond donors (Lipinski definition) is 0. The normalized spacial score (nSPS) is 77.0. The Morgan fingerprint density at radius 3 is 2.07 bits per heavy atom. The van der Waals surface area contributed by atoms with Crippen LogP contribution in [0.1, 0.15) is 0 Å². The van der Waals surface area contributed by atoms with Gasteiger partial charge in [0.25, 0.3) is 0 Å². The Morgan fingerprint density at radius 2 is 1.71 bits per heavy atom. The van der Waals surface area contributed by atoms with Gasteiger partial charge in [-0.3, -0.25) is 4.79 Å². The van der Waals surface area contributed by atoms with Crippen molar-refractivity contribution in [3.63, 3.8) is 0 Å². The molecule has 6 aliphatic carbocycles. The van der Waals surface area contributed by atoms with E-state index in [-0.39, 0.29) is 11.4 Å². The number of hydrogen-bond acceptors (Lipinski definition) is 2. The lowest BCUT2D eigenvalue weighted by Gasteiger charge is -3.10. The number of methoxy groups -OCH3 is 1. The third-order valence-corrected chi connectivity index (χ3v) is 7.58. The van der Waals surface area contributed by atoms with Crippen LogP contribution in [0.3, 0.4) is 0 Å². The average molecular weight is 255 g/mol. The summed E-state index contributed by atoms with van der Waals surface area (Å²) in [6.45, 7) is 0. The van der Waals surface area contributed by atoms with Crippen molar-refractivity contribution in [1.82, 2.24) is 0 Å². The van der Waals surface area contributed by atoms with E-state index in [1.54, 1.807) is 7.11 Å². The van der Waals surface area contributed by atoms with Crippen molar-refractivity contribution < 1.29 is 9.53 Å². The maximum absolute atomic E-state index is 11.8. The van der Waals surface area contributed by atoms with Gasteiger partial charge in [0.2, 0.25) is 0 Å². The quantitative estimate of drug-likeness (QED) is 0.549. The molecule has 0 aromatic carbocycles. The fourth-order valence-corrected chi connectivity index (χ4v) is 7.72. The van der Waals surface area contributed by atoms with E-state index in [9.17, 15) is 4.79 Å². The molecule has 14 heavy (non-hydrogen) atoms. The lowest BCUT2D eigenvalue weighted by Crippen LogP contribution is -3.11. The highest BCUT2D eigenvalue weighted by atomic mass is 79.9. The highest BCUT2D eigenvalue weighted by Crippen LogP contribution is 3.10. The first-order chi connectivity index (χ1) is 6.77. The van der Waals surface area contributed by atoms with Gasteiger partial charge in [0.05, 0.1) is 12.5 Å². The number of halogens is 1. The van der Waals surface area contributed by atoms with Crippen LogP contribution in [-0.4, -0.2) is 18.4 Å². The molecule has 0 amide bonds. The summed E-state index contributed by atoms with van der Waals surface area (Å²) < 4.78 is 4.98. The maximum Gasteiger partial charge on any atom is 0.312 e. The van der Waals surface area contributed by atoms with Gasteiger partial charge in [0.15, 0.2) is 0 Å². The molecule has 6 rings (SSSR count). The van der Waals surface area contributed by atoms with Crippen LogP contribution in [0.2, 0.25) is 0 Å².